The second-order valence-electron chi connectivity index (χ2n) is 13.2. The number of nitrogens with one attached hydrogen (secondary N) is 2. The number of aromatic nitrogens is 2. The summed E-state index contributed by atoms with van der Waals surface area (Å²) in [5.41, 5.74) is 2.15. The first-order chi connectivity index (χ1) is 19.9. The van der Waals surface area contributed by atoms with Gasteiger partial charge in [-0.1, -0.05) is 45.4 Å². The highest BCUT2D eigenvalue weighted by molar-refractivity contribution is 6.30. The number of nitrogens with zero attached hydrogens (tertiary/aromatic N) is 4. The van der Waals surface area contributed by atoms with Crippen molar-refractivity contribution in [3.8, 4) is 0 Å². The van der Waals surface area contributed by atoms with Gasteiger partial charge in [0.05, 0.1) is 23.3 Å². The van der Waals surface area contributed by atoms with Crippen LogP contribution in [0.5, 0.6) is 0 Å². The van der Waals surface area contributed by atoms with E-state index >= 15 is 0 Å². The number of hydrogen-bond acceptors (Lipinski definition) is 4. The van der Waals surface area contributed by atoms with Crippen LogP contribution in [0, 0.1) is 23.1 Å². The van der Waals surface area contributed by atoms with Gasteiger partial charge in [0, 0.05) is 42.4 Å². The van der Waals surface area contributed by atoms with E-state index in [1.165, 1.54) is 10.6 Å². The molecule has 1 saturated carbocycles. The van der Waals surface area contributed by atoms with Crippen molar-refractivity contribution in [3.05, 3.63) is 69.5 Å². The van der Waals surface area contributed by atoms with Crippen LogP contribution in [0.3, 0.4) is 0 Å². The number of halogens is 2. The van der Waals surface area contributed by atoms with E-state index in [1.54, 1.807) is 18.5 Å². The van der Waals surface area contributed by atoms with Crippen LogP contribution in [-0.4, -0.2) is 51.6 Å². The third-order valence-corrected chi connectivity index (χ3v) is 9.81. The molecule has 2 heterocycles. The largest absolute Gasteiger partial charge is 0.340 e. The van der Waals surface area contributed by atoms with Gasteiger partial charge in [-0.3, -0.25) is 9.36 Å². The third kappa shape index (κ3) is 6.65. The number of hydrogen-bond donors (Lipinski definition) is 2. The van der Waals surface area contributed by atoms with Gasteiger partial charge in [-0.15, -0.1) is 0 Å². The highest BCUT2D eigenvalue weighted by Crippen LogP contribution is 2.44. The van der Waals surface area contributed by atoms with Crippen LogP contribution in [0.1, 0.15) is 59.9 Å². The third-order valence-electron chi connectivity index (χ3n) is 9.58. The van der Waals surface area contributed by atoms with Gasteiger partial charge < -0.3 is 15.5 Å². The Labute approximate surface area is 253 Å². The van der Waals surface area contributed by atoms with Crippen LogP contribution < -0.4 is 16.2 Å². The molecule has 2 N–H and O–H groups in total. The van der Waals surface area contributed by atoms with Gasteiger partial charge >= 0.3 is 0 Å². The molecule has 0 amide bonds. The second kappa shape index (κ2) is 12.3. The molecule has 5 atom stereocenters. The van der Waals surface area contributed by atoms with Crippen molar-refractivity contribution in [2.24, 2.45) is 22.2 Å². The maximum atomic E-state index is 14.2. The van der Waals surface area contributed by atoms with E-state index in [9.17, 15) is 9.18 Å². The molecule has 0 bridgehead atoms. The normalized spacial score (nSPS) is 26.4. The summed E-state index contributed by atoms with van der Waals surface area (Å²) in [4.78, 5) is 25.6. The number of rotatable bonds is 5. The zero-order valence-electron chi connectivity index (χ0n) is 25.6. The molecule has 0 spiro atoms. The van der Waals surface area contributed by atoms with Crippen LogP contribution in [-0.2, 0) is 13.0 Å². The molecule has 42 heavy (non-hydrogen) atoms. The van der Waals surface area contributed by atoms with Gasteiger partial charge in [0.15, 0.2) is 5.96 Å². The summed E-state index contributed by atoms with van der Waals surface area (Å²) in [6.07, 6.45) is 4.14. The van der Waals surface area contributed by atoms with Crippen molar-refractivity contribution >= 4 is 34.2 Å². The van der Waals surface area contributed by atoms with Crippen molar-refractivity contribution in [1.82, 2.24) is 19.8 Å². The van der Waals surface area contributed by atoms with Crippen molar-refractivity contribution in [3.63, 3.8) is 0 Å². The molecular formula is C33H44ClFN6O. The number of piperazine rings is 1. The van der Waals surface area contributed by atoms with Gasteiger partial charge in [-0.25, -0.2) is 14.4 Å². The van der Waals surface area contributed by atoms with E-state index in [0.717, 1.165) is 37.6 Å². The Kier molecular flexibility index (Phi) is 8.95. The molecule has 0 radical (unpaired) electrons. The number of aliphatic imine (C=N–C) groups is 1. The van der Waals surface area contributed by atoms with Gasteiger partial charge in [0.1, 0.15) is 5.82 Å². The van der Waals surface area contributed by atoms with E-state index < -0.39 is 0 Å². The fraction of sp³-hybridized carbons (Fsp3) is 0.545. The molecule has 2 aromatic carbocycles. The topological polar surface area (TPSA) is 74.5 Å². The molecule has 1 aliphatic heterocycles. The van der Waals surface area contributed by atoms with Gasteiger partial charge in [0.2, 0.25) is 0 Å². The van der Waals surface area contributed by atoms with Gasteiger partial charge in [0.25, 0.3) is 5.56 Å². The lowest BCUT2D eigenvalue weighted by molar-refractivity contribution is 0.0827. The summed E-state index contributed by atoms with van der Waals surface area (Å²) in [5.74, 6) is 1.56. The molecule has 9 heteroatoms. The Bertz CT molecular complexity index is 1510. The first-order valence-electron chi connectivity index (χ1n) is 15.2. The van der Waals surface area contributed by atoms with E-state index in [0.29, 0.717) is 63.8 Å². The minimum atomic E-state index is -0.369. The molecule has 1 saturated heterocycles. The van der Waals surface area contributed by atoms with Crippen molar-refractivity contribution in [2.75, 3.05) is 18.4 Å². The fourth-order valence-corrected chi connectivity index (χ4v) is 6.74. The molecule has 3 aromatic rings. The highest BCUT2D eigenvalue weighted by Gasteiger charge is 2.39. The van der Waals surface area contributed by atoms with E-state index in [2.05, 4.69) is 62.1 Å². The first-order valence-corrected chi connectivity index (χ1v) is 15.6. The molecule has 5 rings (SSSR count). The van der Waals surface area contributed by atoms with Crippen LogP contribution in [0.2, 0.25) is 5.02 Å². The van der Waals surface area contributed by atoms with Crippen LogP contribution >= 0.6 is 11.6 Å². The average molecular weight is 595 g/mol. The summed E-state index contributed by atoms with van der Waals surface area (Å²) >= 11 is 5.87. The number of anilines is 1. The molecule has 2 fully saturated rings. The fourth-order valence-electron chi connectivity index (χ4n) is 6.58. The van der Waals surface area contributed by atoms with Crippen molar-refractivity contribution < 1.29 is 4.39 Å². The summed E-state index contributed by atoms with van der Waals surface area (Å²) in [5, 5.41) is 8.13. The molecule has 7 nitrogen and oxygen atoms in total. The van der Waals surface area contributed by atoms with Gasteiger partial charge in [-0.05, 0) is 86.3 Å². The standard InChI is InChI=1S/C33H44ClFN6O/c1-20-17-41(18-21(2)37-20)32(39-29-11-13-33(5,6)23(4)22(29)3)38-26-9-10-27-30(16-26)36-19-40(31(27)42)14-12-24-7-8-25(34)15-28(24)35/h7-10,15-16,19-23,29,37H,11-14,17-18H2,1-6H3,(H,38,39)/t20-,21+,22-,23-,29?/m0/s1. The Morgan fingerprint density at radius 3 is 2.60 bits per heavy atom. The molecular weight excluding hydrogens is 551 g/mol. The Morgan fingerprint density at radius 1 is 1.14 bits per heavy atom. The van der Waals surface area contributed by atoms with Crippen LogP contribution in [0.15, 0.2) is 52.5 Å². The lowest BCUT2D eigenvalue weighted by atomic mass is 9.63. The van der Waals surface area contributed by atoms with E-state index in [-0.39, 0.29) is 17.4 Å². The lowest BCUT2D eigenvalue weighted by Crippen LogP contribution is -2.57. The Hall–Kier alpha value is -2.97. The SMILES string of the molecule is C[C@@H]1CN(C(=NC2CCC(C)(C)[C@@H](C)[C@@H]2C)Nc2ccc3c(=O)n(CCc4ccc(Cl)cc4F)cnc3c2)C[C@H](C)N1. The molecule has 226 valence electrons. The average Bonchev–Trinajstić information content (AvgIpc) is 2.93. The van der Waals surface area contributed by atoms with Crippen molar-refractivity contribution in [2.45, 2.75) is 85.5 Å². The monoisotopic (exact) mass is 594 g/mol. The zero-order valence-corrected chi connectivity index (χ0v) is 26.4. The van der Waals surface area contributed by atoms with E-state index in [1.807, 2.05) is 18.2 Å². The van der Waals surface area contributed by atoms with Crippen LogP contribution in [0.4, 0.5) is 10.1 Å². The second-order valence-corrected chi connectivity index (χ2v) is 13.6. The lowest BCUT2D eigenvalue weighted by Gasteiger charge is -2.45. The predicted octanol–water partition coefficient (Wildman–Crippen LogP) is 6.34. The zero-order chi connectivity index (χ0) is 30.2. The highest BCUT2D eigenvalue weighted by atomic mass is 35.5. The maximum absolute atomic E-state index is 14.2. The number of benzene rings is 2. The predicted molar refractivity (Wildman–Crippen MR) is 171 cm³/mol. The molecule has 1 aliphatic carbocycles. The maximum Gasteiger partial charge on any atom is 0.261 e. The first kappa shape index (κ1) is 30.5. The minimum absolute atomic E-state index is 0.146. The Balaban J connectivity index is 1.40. The molecule has 2 aliphatic rings. The summed E-state index contributed by atoms with van der Waals surface area (Å²) in [6.45, 7) is 15.9. The number of fused-ring (bicyclic) bond motifs is 1. The van der Waals surface area contributed by atoms with Gasteiger partial charge in [-0.2, -0.15) is 0 Å². The quantitative estimate of drug-likeness (QED) is 0.266. The molecule has 1 aromatic heterocycles. The molecule has 1 unspecified atom stereocenters. The summed E-state index contributed by atoms with van der Waals surface area (Å²) < 4.78 is 15.8. The smallest absolute Gasteiger partial charge is 0.261 e. The summed E-state index contributed by atoms with van der Waals surface area (Å²) in [6, 6.07) is 11.2. The Morgan fingerprint density at radius 2 is 1.88 bits per heavy atom. The van der Waals surface area contributed by atoms with E-state index in [4.69, 9.17) is 16.6 Å². The van der Waals surface area contributed by atoms with Crippen molar-refractivity contribution in [1.29, 1.82) is 0 Å². The number of guanidine groups is 1. The summed E-state index contributed by atoms with van der Waals surface area (Å²) in [7, 11) is 0. The minimum Gasteiger partial charge on any atom is -0.340 e. The number of aryl methyl sites for hydroxylation is 2. The van der Waals surface area contributed by atoms with Crippen LogP contribution in [0.25, 0.3) is 10.9 Å².